The van der Waals surface area contributed by atoms with Crippen LogP contribution in [0.4, 0.5) is 24.5 Å². The average Bonchev–Trinajstić information content (AvgIpc) is 2.87. The summed E-state index contributed by atoms with van der Waals surface area (Å²) < 4.78 is 41.7. The lowest BCUT2D eigenvalue weighted by molar-refractivity contribution is -0.0521. The van der Waals surface area contributed by atoms with Gasteiger partial charge in [0.05, 0.1) is 22.6 Å². The molecule has 8 heteroatoms. The number of nitrogens with zero attached hydrogens (tertiary/aromatic N) is 1. The van der Waals surface area contributed by atoms with Crippen molar-refractivity contribution >= 4 is 22.7 Å². The van der Waals surface area contributed by atoms with Crippen LogP contribution in [0.3, 0.4) is 0 Å². The van der Waals surface area contributed by atoms with E-state index >= 15 is 0 Å². The molecule has 2 aromatic rings. The Bertz CT molecular complexity index is 563. The number of rotatable bonds is 6. The molecule has 1 heterocycles. The number of nitrogens with two attached hydrogens (primary N) is 1. The van der Waals surface area contributed by atoms with Crippen LogP contribution in [0.25, 0.3) is 0 Å². The standard InChI is InChI=1S/C12H12F3N3OS/c13-8-3-9(16)10(4-11(8)19-12(14)15)17-2-1-7-5-20-6-18-7/h3-6,12,17H,1-2,16H2. The first-order valence-corrected chi connectivity index (χ1v) is 6.65. The summed E-state index contributed by atoms with van der Waals surface area (Å²) in [7, 11) is 0. The van der Waals surface area contributed by atoms with Gasteiger partial charge in [0.1, 0.15) is 0 Å². The Morgan fingerprint density at radius 3 is 2.85 bits per heavy atom. The van der Waals surface area contributed by atoms with Crippen LogP contribution in [-0.4, -0.2) is 18.1 Å². The van der Waals surface area contributed by atoms with Crippen molar-refractivity contribution in [1.82, 2.24) is 4.98 Å². The molecule has 108 valence electrons. The van der Waals surface area contributed by atoms with Gasteiger partial charge < -0.3 is 15.8 Å². The van der Waals surface area contributed by atoms with Gasteiger partial charge in [-0.1, -0.05) is 0 Å². The molecule has 0 aliphatic heterocycles. The summed E-state index contributed by atoms with van der Waals surface area (Å²) in [5.41, 5.74) is 8.72. The van der Waals surface area contributed by atoms with Crippen molar-refractivity contribution in [2.24, 2.45) is 0 Å². The first-order valence-electron chi connectivity index (χ1n) is 5.71. The fraction of sp³-hybridized carbons (Fsp3) is 0.250. The number of aromatic nitrogens is 1. The van der Waals surface area contributed by atoms with Crippen LogP contribution in [0.2, 0.25) is 0 Å². The molecule has 0 aliphatic rings. The zero-order valence-corrected chi connectivity index (χ0v) is 11.1. The predicted octanol–water partition coefficient (Wildman–Crippen LogP) is 3.12. The van der Waals surface area contributed by atoms with E-state index in [-0.39, 0.29) is 5.69 Å². The molecule has 0 atom stereocenters. The highest BCUT2D eigenvalue weighted by Gasteiger charge is 2.13. The number of nitrogen functional groups attached to an aromatic ring is 1. The van der Waals surface area contributed by atoms with E-state index < -0.39 is 18.2 Å². The van der Waals surface area contributed by atoms with Gasteiger partial charge in [-0.15, -0.1) is 11.3 Å². The van der Waals surface area contributed by atoms with E-state index in [1.54, 1.807) is 5.51 Å². The molecule has 0 saturated heterocycles. The van der Waals surface area contributed by atoms with Crippen LogP contribution in [0.15, 0.2) is 23.0 Å². The number of nitrogens with one attached hydrogen (secondary N) is 1. The van der Waals surface area contributed by atoms with E-state index in [0.29, 0.717) is 18.7 Å². The van der Waals surface area contributed by atoms with Gasteiger partial charge >= 0.3 is 6.61 Å². The Balaban J connectivity index is 2.02. The lowest BCUT2D eigenvalue weighted by Gasteiger charge is -2.12. The molecule has 0 radical (unpaired) electrons. The molecule has 4 nitrogen and oxygen atoms in total. The van der Waals surface area contributed by atoms with Crippen LogP contribution in [0.5, 0.6) is 5.75 Å². The van der Waals surface area contributed by atoms with E-state index in [1.807, 2.05) is 5.38 Å². The number of thiazole rings is 1. The molecule has 0 saturated carbocycles. The Morgan fingerprint density at radius 2 is 2.20 bits per heavy atom. The summed E-state index contributed by atoms with van der Waals surface area (Å²) in [6.45, 7) is -2.59. The van der Waals surface area contributed by atoms with Crippen LogP contribution in [-0.2, 0) is 6.42 Å². The van der Waals surface area contributed by atoms with Gasteiger partial charge in [0.2, 0.25) is 0 Å². The number of ether oxygens (including phenoxy) is 1. The second-order valence-electron chi connectivity index (χ2n) is 3.90. The molecule has 1 aromatic heterocycles. The van der Waals surface area contributed by atoms with Crippen LogP contribution >= 0.6 is 11.3 Å². The fourth-order valence-electron chi connectivity index (χ4n) is 1.59. The minimum absolute atomic E-state index is 0.127. The Kier molecular flexibility index (Phi) is 4.67. The largest absolute Gasteiger partial charge is 0.432 e. The highest BCUT2D eigenvalue weighted by molar-refractivity contribution is 7.07. The highest BCUT2D eigenvalue weighted by Crippen LogP contribution is 2.29. The summed E-state index contributed by atoms with van der Waals surface area (Å²) in [5, 5.41) is 4.84. The summed E-state index contributed by atoms with van der Waals surface area (Å²) >= 11 is 1.48. The third-order valence-electron chi connectivity index (χ3n) is 2.50. The van der Waals surface area contributed by atoms with Gasteiger partial charge in [0.25, 0.3) is 0 Å². The van der Waals surface area contributed by atoms with E-state index in [0.717, 1.165) is 17.8 Å². The second-order valence-corrected chi connectivity index (χ2v) is 4.62. The summed E-state index contributed by atoms with van der Waals surface area (Å²) in [6, 6.07) is 2.07. The van der Waals surface area contributed by atoms with Crippen LogP contribution < -0.4 is 15.8 Å². The maximum atomic E-state index is 13.4. The molecule has 1 aromatic carbocycles. The molecule has 20 heavy (non-hydrogen) atoms. The smallest absolute Gasteiger partial charge is 0.387 e. The van der Waals surface area contributed by atoms with Crippen molar-refractivity contribution in [1.29, 1.82) is 0 Å². The van der Waals surface area contributed by atoms with Crippen molar-refractivity contribution < 1.29 is 17.9 Å². The number of anilines is 2. The SMILES string of the molecule is Nc1cc(F)c(OC(F)F)cc1NCCc1cscn1. The molecule has 0 amide bonds. The normalized spacial score (nSPS) is 10.8. The minimum Gasteiger partial charge on any atom is -0.432 e. The van der Waals surface area contributed by atoms with Gasteiger partial charge in [-0.25, -0.2) is 9.37 Å². The van der Waals surface area contributed by atoms with Crippen LogP contribution in [0, 0.1) is 5.82 Å². The molecule has 0 aliphatic carbocycles. The Labute approximate surface area is 117 Å². The monoisotopic (exact) mass is 303 g/mol. The second kappa shape index (κ2) is 6.47. The molecule has 0 spiro atoms. The maximum absolute atomic E-state index is 13.4. The number of halogens is 3. The van der Waals surface area contributed by atoms with E-state index in [1.165, 1.54) is 11.3 Å². The molecule has 0 bridgehead atoms. The Hall–Kier alpha value is -1.96. The molecule has 0 unspecified atom stereocenters. The summed E-state index contributed by atoms with van der Waals surface area (Å²) in [5.74, 6) is -1.46. The molecule has 3 N–H and O–H groups in total. The van der Waals surface area contributed by atoms with Crippen molar-refractivity contribution in [2.75, 3.05) is 17.6 Å². The number of alkyl halides is 2. The van der Waals surface area contributed by atoms with Crippen molar-refractivity contribution in [3.63, 3.8) is 0 Å². The van der Waals surface area contributed by atoms with Crippen molar-refractivity contribution in [2.45, 2.75) is 13.0 Å². The van der Waals surface area contributed by atoms with E-state index in [9.17, 15) is 13.2 Å². The quantitative estimate of drug-likeness (QED) is 0.805. The lowest BCUT2D eigenvalue weighted by Crippen LogP contribution is -2.09. The van der Waals surface area contributed by atoms with Gasteiger partial charge in [0.15, 0.2) is 11.6 Å². The Morgan fingerprint density at radius 1 is 1.40 bits per heavy atom. The molecule has 0 fully saturated rings. The first kappa shape index (κ1) is 14.4. The van der Waals surface area contributed by atoms with Gasteiger partial charge in [0, 0.05) is 30.5 Å². The van der Waals surface area contributed by atoms with Gasteiger partial charge in [-0.2, -0.15) is 8.78 Å². The van der Waals surface area contributed by atoms with E-state index in [2.05, 4.69) is 15.0 Å². The maximum Gasteiger partial charge on any atom is 0.387 e. The number of hydrogen-bond donors (Lipinski definition) is 2. The summed E-state index contributed by atoms with van der Waals surface area (Å²) in [6.07, 6.45) is 0.644. The fourth-order valence-corrected chi connectivity index (χ4v) is 2.19. The van der Waals surface area contributed by atoms with Gasteiger partial charge in [-0.05, 0) is 0 Å². The average molecular weight is 303 g/mol. The third kappa shape index (κ3) is 3.77. The third-order valence-corrected chi connectivity index (χ3v) is 3.14. The topological polar surface area (TPSA) is 60.2 Å². The van der Waals surface area contributed by atoms with Crippen LogP contribution in [0.1, 0.15) is 5.69 Å². The predicted molar refractivity (Wildman–Crippen MR) is 71.8 cm³/mol. The summed E-state index contributed by atoms with van der Waals surface area (Å²) in [4.78, 5) is 4.10. The molecular formula is C12H12F3N3OS. The molecular weight excluding hydrogens is 291 g/mol. The highest BCUT2D eigenvalue weighted by atomic mass is 32.1. The minimum atomic E-state index is -3.09. The first-order chi connectivity index (χ1) is 9.56. The lowest BCUT2D eigenvalue weighted by atomic mass is 10.2. The number of hydrogen-bond acceptors (Lipinski definition) is 5. The van der Waals surface area contributed by atoms with E-state index in [4.69, 9.17) is 5.73 Å². The zero-order chi connectivity index (χ0) is 14.5. The molecule has 2 rings (SSSR count). The van der Waals surface area contributed by atoms with Gasteiger partial charge in [-0.3, -0.25) is 0 Å². The number of benzene rings is 1. The zero-order valence-electron chi connectivity index (χ0n) is 10.3. The van der Waals surface area contributed by atoms with Crippen molar-refractivity contribution in [3.8, 4) is 5.75 Å². The van der Waals surface area contributed by atoms with Crippen molar-refractivity contribution in [3.05, 3.63) is 34.5 Å².